The van der Waals surface area contributed by atoms with Gasteiger partial charge in [-0.25, -0.2) is 9.59 Å². The number of carboxylic acids is 1. The standard InChI is InChI=1S/C26H23NO4/c28-25(29)22-14-13-16-7-1-2-8-17(16)24(22)27-26(30)31-15-23-20-11-5-3-9-18(20)19-10-4-6-12-21(19)23/h3-6,9-14,23H,1-2,7-8,15H2,(H,27,30)(H,28,29). The lowest BCUT2D eigenvalue weighted by Crippen LogP contribution is -2.21. The summed E-state index contributed by atoms with van der Waals surface area (Å²) in [6.45, 7) is 0.192. The molecule has 2 aliphatic carbocycles. The average Bonchev–Trinajstić information content (AvgIpc) is 3.11. The van der Waals surface area contributed by atoms with Crippen molar-refractivity contribution in [1.29, 1.82) is 0 Å². The van der Waals surface area contributed by atoms with Crippen LogP contribution in [0.5, 0.6) is 0 Å². The molecule has 1 amide bonds. The van der Waals surface area contributed by atoms with Gasteiger partial charge in [-0.1, -0.05) is 54.6 Å². The van der Waals surface area contributed by atoms with Crippen molar-refractivity contribution in [2.24, 2.45) is 0 Å². The van der Waals surface area contributed by atoms with Crippen LogP contribution in [0.15, 0.2) is 60.7 Å². The third-order valence-corrected chi connectivity index (χ3v) is 6.33. The minimum Gasteiger partial charge on any atom is -0.478 e. The Morgan fingerprint density at radius 1 is 0.903 bits per heavy atom. The molecule has 0 aromatic heterocycles. The van der Waals surface area contributed by atoms with Crippen molar-refractivity contribution in [3.8, 4) is 11.1 Å². The quantitative estimate of drug-likeness (QED) is 0.582. The highest BCUT2D eigenvalue weighted by atomic mass is 16.5. The maximum Gasteiger partial charge on any atom is 0.411 e. The number of rotatable bonds is 4. The molecule has 0 aliphatic heterocycles. The van der Waals surface area contributed by atoms with Gasteiger partial charge in [0.15, 0.2) is 0 Å². The highest BCUT2D eigenvalue weighted by molar-refractivity contribution is 6.00. The second-order valence-corrected chi connectivity index (χ2v) is 8.09. The summed E-state index contributed by atoms with van der Waals surface area (Å²) in [4.78, 5) is 24.5. The maximum absolute atomic E-state index is 12.7. The zero-order valence-electron chi connectivity index (χ0n) is 17.1. The van der Waals surface area contributed by atoms with Crippen molar-refractivity contribution in [3.63, 3.8) is 0 Å². The molecule has 0 radical (unpaired) electrons. The summed E-state index contributed by atoms with van der Waals surface area (Å²) in [6, 6.07) is 19.8. The van der Waals surface area contributed by atoms with Gasteiger partial charge in [0.2, 0.25) is 0 Å². The fourth-order valence-corrected chi connectivity index (χ4v) is 4.89. The molecule has 0 spiro atoms. The van der Waals surface area contributed by atoms with Crippen LogP contribution >= 0.6 is 0 Å². The maximum atomic E-state index is 12.7. The van der Waals surface area contributed by atoms with Crippen molar-refractivity contribution in [2.75, 3.05) is 11.9 Å². The number of carbonyl (C=O) groups is 2. The van der Waals surface area contributed by atoms with E-state index in [1.54, 1.807) is 6.07 Å². The number of benzene rings is 3. The van der Waals surface area contributed by atoms with E-state index < -0.39 is 12.1 Å². The van der Waals surface area contributed by atoms with E-state index in [9.17, 15) is 14.7 Å². The Morgan fingerprint density at radius 2 is 1.55 bits per heavy atom. The topological polar surface area (TPSA) is 75.6 Å². The largest absolute Gasteiger partial charge is 0.478 e. The summed E-state index contributed by atoms with van der Waals surface area (Å²) in [5.41, 5.74) is 7.11. The van der Waals surface area contributed by atoms with Crippen LogP contribution in [0.1, 0.15) is 51.4 Å². The Bertz CT molecular complexity index is 1140. The number of carboxylic acid groups (broad SMARTS) is 1. The van der Waals surface area contributed by atoms with Crippen molar-refractivity contribution in [3.05, 3.63) is 88.5 Å². The lowest BCUT2D eigenvalue weighted by molar-refractivity contribution is 0.0698. The number of nitrogens with one attached hydrogen (secondary N) is 1. The van der Waals surface area contributed by atoms with Crippen LogP contribution in [0.2, 0.25) is 0 Å². The van der Waals surface area contributed by atoms with Crippen molar-refractivity contribution in [1.82, 2.24) is 0 Å². The zero-order valence-corrected chi connectivity index (χ0v) is 17.1. The predicted octanol–water partition coefficient (Wildman–Crippen LogP) is 5.62. The van der Waals surface area contributed by atoms with E-state index in [0.717, 1.165) is 59.1 Å². The number of hydrogen-bond donors (Lipinski definition) is 2. The van der Waals surface area contributed by atoms with Gasteiger partial charge < -0.3 is 9.84 Å². The Morgan fingerprint density at radius 3 is 2.23 bits per heavy atom. The summed E-state index contributed by atoms with van der Waals surface area (Å²) < 4.78 is 5.63. The molecule has 5 heteroatoms. The molecular formula is C26H23NO4. The van der Waals surface area contributed by atoms with E-state index >= 15 is 0 Å². The molecule has 0 bridgehead atoms. The second-order valence-electron chi connectivity index (χ2n) is 8.09. The van der Waals surface area contributed by atoms with E-state index in [1.165, 1.54) is 0 Å². The van der Waals surface area contributed by atoms with Gasteiger partial charge in [-0.15, -0.1) is 0 Å². The van der Waals surface area contributed by atoms with Gasteiger partial charge >= 0.3 is 12.1 Å². The first-order chi connectivity index (χ1) is 15.1. The molecule has 0 heterocycles. The van der Waals surface area contributed by atoms with Gasteiger partial charge in [-0.3, -0.25) is 5.32 Å². The molecule has 3 aromatic carbocycles. The third-order valence-electron chi connectivity index (χ3n) is 6.33. The molecule has 3 aromatic rings. The summed E-state index contributed by atoms with van der Waals surface area (Å²) in [5, 5.41) is 12.4. The van der Waals surface area contributed by atoms with Gasteiger partial charge in [0, 0.05) is 5.92 Å². The van der Waals surface area contributed by atoms with Gasteiger partial charge in [0.05, 0.1) is 11.3 Å². The fraction of sp³-hybridized carbons (Fsp3) is 0.231. The lowest BCUT2D eigenvalue weighted by atomic mass is 9.88. The van der Waals surface area contributed by atoms with E-state index in [4.69, 9.17) is 4.74 Å². The van der Waals surface area contributed by atoms with Crippen molar-refractivity contribution >= 4 is 17.7 Å². The first kappa shape index (κ1) is 19.4. The molecule has 31 heavy (non-hydrogen) atoms. The highest BCUT2D eigenvalue weighted by Crippen LogP contribution is 2.44. The molecule has 156 valence electrons. The molecular weight excluding hydrogens is 390 g/mol. The van der Waals surface area contributed by atoms with Crippen LogP contribution < -0.4 is 5.32 Å². The first-order valence-corrected chi connectivity index (χ1v) is 10.6. The summed E-state index contributed by atoms with van der Waals surface area (Å²) >= 11 is 0. The number of anilines is 1. The third kappa shape index (κ3) is 3.46. The van der Waals surface area contributed by atoms with Gasteiger partial charge in [0.25, 0.3) is 0 Å². The molecule has 0 atom stereocenters. The smallest absolute Gasteiger partial charge is 0.411 e. The van der Waals surface area contributed by atoms with Crippen LogP contribution in [0, 0.1) is 0 Å². The predicted molar refractivity (Wildman–Crippen MR) is 119 cm³/mol. The number of aromatic carboxylic acids is 1. The Balaban J connectivity index is 1.38. The number of fused-ring (bicyclic) bond motifs is 4. The highest BCUT2D eigenvalue weighted by Gasteiger charge is 2.29. The molecule has 5 rings (SSSR count). The molecule has 0 fully saturated rings. The van der Waals surface area contributed by atoms with E-state index in [2.05, 4.69) is 29.6 Å². The molecule has 0 saturated carbocycles. The van der Waals surface area contributed by atoms with Crippen LogP contribution in [0.4, 0.5) is 10.5 Å². The van der Waals surface area contributed by atoms with Crippen LogP contribution in [0.25, 0.3) is 11.1 Å². The number of hydrogen-bond acceptors (Lipinski definition) is 3. The molecule has 0 unspecified atom stereocenters. The Labute approximate surface area is 180 Å². The summed E-state index contributed by atoms with van der Waals surface area (Å²) in [7, 11) is 0. The Kier molecular flexibility index (Phi) is 4.94. The summed E-state index contributed by atoms with van der Waals surface area (Å²) in [5.74, 6) is -1.09. The average molecular weight is 413 g/mol. The second kappa shape index (κ2) is 7.91. The van der Waals surface area contributed by atoms with Crippen molar-refractivity contribution in [2.45, 2.75) is 31.6 Å². The minimum atomic E-state index is -1.05. The Hall–Kier alpha value is -3.60. The lowest BCUT2D eigenvalue weighted by Gasteiger charge is -2.22. The molecule has 0 saturated heterocycles. The van der Waals surface area contributed by atoms with Gasteiger partial charge in [0.1, 0.15) is 6.61 Å². The van der Waals surface area contributed by atoms with E-state index in [-0.39, 0.29) is 18.1 Å². The number of amides is 1. The molecule has 2 N–H and O–H groups in total. The van der Waals surface area contributed by atoms with Crippen molar-refractivity contribution < 1.29 is 19.4 Å². The molecule has 5 nitrogen and oxygen atoms in total. The summed E-state index contributed by atoms with van der Waals surface area (Å²) in [6.07, 6.45) is 3.09. The fourth-order valence-electron chi connectivity index (χ4n) is 4.89. The zero-order chi connectivity index (χ0) is 21.4. The molecule has 2 aliphatic rings. The number of carbonyl (C=O) groups excluding carboxylic acids is 1. The van der Waals surface area contributed by atoms with Gasteiger partial charge in [-0.2, -0.15) is 0 Å². The minimum absolute atomic E-state index is 0.0400. The SMILES string of the molecule is O=C(Nc1c(C(=O)O)ccc2c1CCCC2)OCC1c2ccccc2-c2ccccc21. The number of aryl methyl sites for hydroxylation is 1. The first-order valence-electron chi connectivity index (χ1n) is 10.6. The van der Waals surface area contributed by atoms with Crippen LogP contribution in [-0.2, 0) is 17.6 Å². The van der Waals surface area contributed by atoms with Crippen LogP contribution in [-0.4, -0.2) is 23.8 Å². The van der Waals surface area contributed by atoms with E-state index in [0.29, 0.717) is 5.69 Å². The monoisotopic (exact) mass is 413 g/mol. The van der Waals surface area contributed by atoms with E-state index in [1.807, 2.05) is 30.3 Å². The van der Waals surface area contributed by atoms with Gasteiger partial charge in [-0.05, 0) is 65.1 Å². The normalized spacial score (nSPS) is 14.3. The number of ether oxygens (including phenoxy) is 1. The van der Waals surface area contributed by atoms with Crippen LogP contribution in [0.3, 0.4) is 0 Å².